The van der Waals surface area contributed by atoms with Gasteiger partial charge in [-0.05, 0) is 54.7 Å². The van der Waals surface area contributed by atoms with Crippen LogP contribution >= 0.6 is 0 Å². The Morgan fingerprint density at radius 3 is 2.70 bits per heavy atom. The summed E-state index contributed by atoms with van der Waals surface area (Å²) in [6, 6.07) is 13.8. The Kier molecular flexibility index (Phi) is 5.07. The van der Waals surface area contributed by atoms with Crippen molar-refractivity contribution in [1.82, 2.24) is 9.80 Å². The van der Waals surface area contributed by atoms with Gasteiger partial charge >= 0.3 is 0 Å². The van der Waals surface area contributed by atoms with E-state index in [1.807, 2.05) is 52.3 Å². The van der Waals surface area contributed by atoms with Crippen molar-refractivity contribution in [2.45, 2.75) is 38.3 Å². The van der Waals surface area contributed by atoms with Gasteiger partial charge in [-0.1, -0.05) is 18.2 Å². The lowest BCUT2D eigenvalue weighted by Gasteiger charge is -2.27. The Balaban J connectivity index is 1.35. The standard InChI is InChI=1S/C24H26N2O4/c27-23-7-3-10-25(23)16-17-4-1-5-19(14-17)24(28)26-11-2-6-20(26)18-8-9-21-22(15-18)30-13-12-29-21/h1,4-5,8-9,14-15,20H,2-3,6-7,10-13,16H2/t20-/m0/s1. The summed E-state index contributed by atoms with van der Waals surface area (Å²) in [5.74, 6) is 1.77. The maximum atomic E-state index is 13.4. The number of amides is 2. The molecule has 2 fully saturated rings. The maximum Gasteiger partial charge on any atom is 0.254 e. The topological polar surface area (TPSA) is 59.1 Å². The molecule has 2 aromatic carbocycles. The zero-order valence-electron chi connectivity index (χ0n) is 17.0. The molecule has 3 heterocycles. The van der Waals surface area contributed by atoms with E-state index < -0.39 is 0 Å². The van der Waals surface area contributed by atoms with Gasteiger partial charge in [-0.2, -0.15) is 0 Å². The molecule has 6 nitrogen and oxygen atoms in total. The van der Waals surface area contributed by atoms with E-state index >= 15 is 0 Å². The molecule has 5 rings (SSSR count). The highest BCUT2D eigenvalue weighted by molar-refractivity contribution is 5.95. The first-order chi connectivity index (χ1) is 14.7. The van der Waals surface area contributed by atoms with Crippen LogP contribution in [-0.2, 0) is 11.3 Å². The molecule has 2 saturated heterocycles. The van der Waals surface area contributed by atoms with Crippen molar-refractivity contribution in [1.29, 1.82) is 0 Å². The van der Waals surface area contributed by atoms with Gasteiger partial charge in [-0.3, -0.25) is 9.59 Å². The van der Waals surface area contributed by atoms with Gasteiger partial charge in [-0.25, -0.2) is 0 Å². The highest BCUT2D eigenvalue weighted by Crippen LogP contribution is 2.38. The van der Waals surface area contributed by atoms with E-state index in [0.717, 1.165) is 55.0 Å². The minimum Gasteiger partial charge on any atom is -0.486 e. The molecule has 0 aliphatic carbocycles. The SMILES string of the molecule is O=C1CCCN1Cc1cccc(C(=O)N2CCC[C@H]2c2ccc3c(c2)OCCO3)c1. The van der Waals surface area contributed by atoms with Crippen molar-refractivity contribution in [2.75, 3.05) is 26.3 Å². The van der Waals surface area contributed by atoms with Crippen molar-refractivity contribution in [3.63, 3.8) is 0 Å². The molecule has 0 unspecified atom stereocenters. The number of nitrogens with zero attached hydrogens (tertiary/aromatic N) is 2. The number of carbonyl (C=O) groups excluding carboxylic acids is 2. The normalized spacial score (nSPS) is 20.7. The summed E-state index contributed by atoms with van der Waals surface area (Å²) in [5, 5.41) is 0. The number of fused-ring (bicyclic) bond motifs is 1. The largest absolute Gasteiger partial charge is 0.486 e. The lowest BCUT2D eigenvalue weighted by Crippen LogP contribution is -2.31. The number of carbonyl (C=O) groups is 2. The van der Waals surface area contributed by atoms with Gasteiger partial charge in [0.25, 0.3) is 5.91 Å². The summed E-state index contributed by atoms with van der Waals surface area (Å²) in [5.41, 5.74) is 2.78. The molecule has 6 heteroatoms. The monoisotopic (exact) mass is 406 g/mol. The molecule has 0 aromatic heterocycles. The van der Waals surface area contributed by atoms with E-state index in [9.17, 15) is 9.59 Å². The number of hydrogen-bond acceptors (Lipinski definition) is 4. The number of hydrogen-bond donors (Lipinski definition) is 0. The van der Waals surface area contributed by atoms with Crippen LogP contribution < -0.4 is 9.47 Å². The van der Waals surface area contributed by atoms with Crippen LogP contribution in [0.1, 0.15) is 53.2 Å². The number of rotatable bonds is 4. The van der Waals surface area contributed by atoms with Crippen LogP contribution in [0.2, 0.25) is 0 Å². The third kappa shape index (κ3) is 3.62. The number of benzene rings is 2. The molecule has 0 saturated carbocycles. The molecule has 1 atom stereocenters. The fourth-order valence-corrected chi connectivity index (χ4v) is 4.68. The molecule has 0 radical (unpaired) electrons. The molecule has 30 heavy (non-hydrogen) atoms. The average Bonchev–Trinajstić information content (AvgIpc) is 3.42. The lowest BCUT2D eigenvalue weighted by atomic mass is 10.0. The quantitative estimate of drug-likeness (QED) is 0.779. The molecular weight excluding hydrogens is 380 g/mol. The van der Waals surface area contributed by atoms with Crippen molar-refractivity contribution in [3.8, 4) is 11.5 Å². The Morgan fingerprint density at radius 1 is 1.00 bits per heavy atom. The molecule has 3 aliphatic rings. The van der Waals surface area contributed by atoms with Crippen molar-refractivity contribution >= 4 is 11.8 Å². The molecule has 0 bridgehead atoms. The van der Waals surface area contributed by atoms with Crippen LogP contribution in [0.5, 0.6) is 11.5 Å². The minimum absolute atomic E-state index is 0.0390. The summed E-state index contributed by atoms with van der Waals surface area (Å²) in [4.78, 5) is 29.1. The van der Waals surface area contributed by atoms with Gasteiger partial charge in [0.15, 0.2) is 11.5 Å². The third-order valence-corrected chi connectivity index (χ3v) is 6.18. The van der Waals surface area contributed by atoms with Crippen LogP contribution in [-0.4, -0.2) is 47.9 Å². The van der Waals surface area contributed by atoms with Crippen molar-refractivity contribution in [3.05, 3.63) is 59.2 Å². The Hall–Kier alpha value is -3.02. The van der Waals surface area contributed by atoms with Crippen LogP contribution in [0, 0.1) is 0 Å². The van der Waals surface area contributed by atoms with Gasteiger partial charge in [0.05, 0.1) is 6.04 Å². The molecule has 156 valence electrons. The molecular formula is C24H26N2O4. The maximum absolute atomic E-state index is 13.4. The van der Waals surface area contributed by atoms with E-state index in [1.165, 1.54) is 0 Å². The van der Waals surface area contributed by atoms with Gasteiger partial charge in [0, 0.05) is 31.6 Å². The highest BCUT2D eigenvalue weighted by atomic mass is 16.6. The second-order valence-corrected chi connectivity index (χ2v) is 8.18. The summed E-state index contributed by atoms with van der Waals surface area (Å²) in [7, 11) is 0. The van der Waals surface area contributed by atoms with Crippen LogP contribution in [0.4, 0.5) is 0 Å². The van der Waals surface area contributed by atoms with Crippen LogP contribution in [0.25, 0.3) is 0 Å². The minimum atomic E-state index is 0.0390. The summed E-state index contributed by atoms with van der Waals surface area (Å²) in [6.07, 6.45) is 3.46. The first-order valence-electron chi connectivity index (χ1n) is 10.8. The van der Waals surface area contributed by atoms with E-state index in [2.05, 4.69) is 0 Å². The summed E-state index contributed by atoms with van der Waals surface area (Å²) < 4.78 is 11.4. The zero-order chi connectivity index (χ0) is 20.5. The highest BCUT2D eigenvalue weighted by Gasteiger charge is 2.31. The molecule has 2 aromatic rings. The average molecular weight is 406 g/mol. The fourth-order valence-electron chi connectivity index (χ4n) is 4.68. The Labute approximate surface area is 176 Å². The van der Waals surface area contributed by atoms with Crippen LogP contribution in [0.3, 0.4) is 0 Å². The lowest BCUT2D eigenvalue weighted by molar-refractivity contribution is -0.128. The van der Waals surface area contributed by atoms with E-state index in [4.69, 9.17) is 9.47 Å². The summed E-state index contributed by atoms with van der Waals surface area (Å²) >= 11 is 0. The van der Waals surface area contributed by atoms with E-state index in [0.29, 0.717) is 31.7 Å². The third-order valence-electron chi connectivity index (χ3n) is 6.18. The number of likely N-dealkylation sites (tertiary alicyclic amines) is 2. The molecule has 0 N–H and O–H groups in total. The van der Waals surface area contributed by atoms with Crippen molar-refractivity contribution in [2.24, 2.45) is 0 Å². The summed E-state index contributed by atoms with van der Waals surface area (Å²) in [6.45, 7) is 3.24. The second kappa shape index (κ2) is 8.01. The first kappa shape index (κ1) is 19.0. The van der Waals surface area contributed by atoms with E-state index in [1.54, 1.807) is 0 Å². The van der Waals surface area contributed by atoms with Gasteiger partial charge < -0.3 is 19.3 Å². The predicted octanol–water partition coefficient (Wildman–Crippen LogP) is 3.56. The molecule has 2 amide bonds. The second-order valence-electron chi connectivity index (χ2n) is 8.18. The zero-order valence-corrected chi connectivity index (χ0v) is 17.0. The smallest absolute Gasteiger partial charge is 0.254 e. The van der Waals surface area contributed by atoms with Crippen molar-refractivity contribution < 1.29 is 19.1 Å². The molecule has 3 aliphatic heterocycles. The Bertz CT molecular complexity index is 973. The molecule has 0 spiro atoms. The van der Waals surface area contributed by atoms with Gasteiger partial charge in [0.2, 0.25) is 5.91 Å². The predicted molar refractivity (Wildman–Crippen MR) is 112 cm³/mol. The number of ether oxygens (including phenoxy) is 2. The Morgan fingerprint density at radius 2 is 1.87 bits per heavy atom. The van der Waals surface area contributed by atoms with E-state index in [-0.39, 0.29) is 17.9 Å². The first-order valence-corrected chi connectivity index (χ1v) is 10.8. The fraction of sp³-hybridized carbons (Fsp3) is 0.417. The van der Waals surface area contributed by atoms with Gasteiger partial charge in [0.1, 0.15) is 13.2 Å². The van der Waals surface area contributed by atoms with Crippen LogP contribution in [0.15, 0.2) is 42.5 Å². The van der Waals surface area contributed by atoms with Gasteiger partial charge in [-0.15, -0.1) is 0 Å².